The molecule has 0 aromatic rings. The maximum Gasteiger partial charge on any atom is 0.426 e. The van der Waals surface area contributed by atoms with Gasteiger partial charge in [-0.1, -0.05) is 35.4 Å². The predicted octanol–water partition coefficient (Wildman–Crippen LogP) is 4.86. The molecule has 2 fully saturated rings. The molecule has 1 nitrogen and oxygen atoms in total. The van der Waals surface area contributed by atoms with Crippen molar-refractivity contribution in [2.75, 3.05) is 0 Å². The van der Waals surface area contributed by atoms with Crippen LogP contribution in [0.4, 0.5) is 26.3 Å². The van der Waals surface area contributed by atoms with Gasteiger partial charge in [-0.05, 0) is 37.5 Å². The van der Waals surface area contributed by atoms with Gasteiger partial charge in [0.05, 0.1) is 0 Å². The van der Waals surface area contributed by atoms with E-state index in [1.54, 1.807) is 0 Å². The van der Waals surface area contributed by atoms with Gasteiger partial charge >= 0.3 is 12.4 Å². The molecule has 0 saturated heterocycles. The van der Waals surface area contributed by atoms with Gasteiger partial charge in [-0.2, -0.15) is 26.3 Å². The zero-order valence-corrected chi connectivity index (χ0v) is 13.3. The molecular formula is C13H17F6IO. The summed E-state index contributed by atoms with van der Waals surface area (Å²) < 4.78 is 78.5. The molecule has 1 N–H and O–H groups in total. The Hall–Kier alpha value is 0.270. The molecule has 21 heavy (non-hydrogen) atoms. The van der Waals surface area contributed by atoms with Crippen molar-refractivity contribution < 1.29 is 31.4 Å². The van der Waals surface area contributed by atoms with Crippen molar-refractivity contribution in [3.05, 3.63) is 0 Å². The molecule has 4 atom stereocenters. The summed E-state index contributed by atoms with van der Waals surface area (Å²) in [5.41, 5.74) is -4.59. The second-order valence-corrected chi connectivity index (χ2v) is 7.67. The lowest BCUT2D eigenvalue weighted by Gasteiger charge is -2.50. The molecule has 2 saturated carbocycles. The quantitative estimate of drug-likeness (QED) is 0.358. The van der Waals surface area contributed by atoms with Crippen molar-refractivity contribution in [2.24, 2.45) is 17.8 Å². The van der Waals surface area contributed by atoms with Crippen LogP contribution in [0.15, 0.2) is 0 Å². The molecule has 8 heteroatoms. The van der Waals surface area contributed by atoms with Crippen molar-refractivity contribution in [1.29, 1.82) is 0 Å². The lowest BCUT2D eigenvalue weighted by Crippen LogP contribution is -2.65. The summed E-state index contributed by atoms with van der Waals surface area (Å²) in [7, 11) is 0. The summed E-state index contributed by atoms with van der Waals surface area (Å²) in [4.78, 5) is 0. The van der Waals surface area contributed by atoms with Gasteiger partial charge in [0.15, 0.2) is 0 Å². The summed E-state index contributed by atoms with van der Waals surface area (Å²) in [5.74, 6) is -2.65. The van der Waals surface area contributed by atoms with Crippen LogP contribution in [0.2, 0.25) is 0 Å². The average Bonchev–Trinajstić information content (AvgIpc) is 2.36. The minimum absolute atomic E-state index is 0.0925. The topological polar surface area (TPSA) is 20.2 Å². The minimum Gasteiger partial charge on any atom is -0.373 e. The van der Waals surface area contributed by atoms with E-state index in [2.05, 4.69) is 22.6 Å². The van der Waals surface area contributed by atoms with Gasteiger partial charge in [-0.25, -0.2) is 0 Å². The third-order valence-corrected chi connectivity index (χ3v) is 6.56. The zero-order chi connectivity index (χ0) is 16.1. The van der Waals surface area contributed by atoms with Gasteiger partial charge in [0.2, 0.25) is 0 Å². The van der Waals surface area contributed by atoms with Crippen LogP contribution in [-0.4, -0.2) is 27.0 Å². The van der Waals surface area contributed by atoms with Crippen molar-refractivity contribution in [1.82, 2.24) is 0 Å². The highest BCUT2D eigenvalue weighted by Gasteiger charge is 2.75. The third-order valence-electron chi connectivity index (χ3n) is 5.01. The lowest BCUT2D eigenvalue weighted by atomic mass is 9.60. The molecule has 2 rings (SSSR count). The second-order valence-electron chi connectivity index (χ2n) is 6.07. The van der Waals surface area contributed by atoms with Crippen LogP contribution in [0.3, 0.4) is 0 Å². The fourth-order valence-electron chi connectivity index (χ4n) is 4.00. The lowest BCUT2D eigenvalue weighted by molar-refractivity contribution is -0.393. The van der Waals surface area contributed by atoms with Crippen molar-refractivity contribution in [3.63, 3.8) is 0 Å². The number of rotatable bonds is 1. The third kappa shape index (κ3) is 2.90. The molecule has 0 radical (unpaired) electrons. The summed E-state index contributed by atoms with van der Waals surface area (Å²) in [5, 5.41) is 9.68. The van der Waals surface area contributed by atoms with E-state index in [9.17, 15) is 31.4 Å². The molecule has 2 aliphatic rings. The Labute approximate surface area is 132 Å². The largest absolute Gasteiger partial charge is 0.426 e. The standard InChI is InChI=1S/C13H17F6IO/c14-12(15,16)11(21,13(17,18)19)9-5-6-10(20)8-4-2-1-3-7(8)9/h7-10,21H,1-6H2. The van der Waals surface area contributed by atoms with Crippen LogP contribution in [-0.2, 0) is 0 Å². The molecule has 0 heterocycles. The van der Waals surface area contributed by atoms with Crippen LogP contribution >= 0.6 is 22.6 Å². The first-order chi connectivity index (χ1) is 9.50. The Bertz CT molecular complexity index is 366. The first kappa shape index (κ1) is 17.6. The number of hydrogen-bond acceptors (Lipinski definition) is 1. The Kier molecular flexibility index (Phi) is 4.80. The second kappa shape index (κ2) is 5.72. The highest BCUT2D eigenvalue weighted by molar-refractivity contribution is 14.1. The van der Waals surface area contributed by atoms with Gasteiger partial charge in [0, 0.05) is 9.84 Å². The van der Waals surface area contributed by atoms with Gasteiger partial charge in [0.25, 0.3) is 5.60 Å². The van der Waals surface area contributed by atoms with E-state index < -0.39 is 29.8 Å². The average molecular weight is 430 g/mol. The summed E-state index contributed by atoms with van der Waals surface area (Å²) in [6, 6.07) is 0. The normalized spacial score (nSPS) is 35.4. The van der Waals surface area contributed by atoms with Gasteiger partial charge < -0.3 is 5.11 Å². The zero-order valence-electron chi connectivity index (χ0n) is 11.1. The Morgan fingerprint density at radius 3 is 1.71 bits per heavy atom. The highest BCUT2D eigenvalue weighted by atomic mass is 127. The number of halogens is 7. The van der Waals surface area contributed by atoms with E-state index in [-0.39, 0.29) is 16.3 Å². The van der Waals surface area contributed by atoms with Gasteiger partial charge in [-0.15, -0.1) is 0 Å². The number of alkyl halides is 7. The number of hydrogen-bond donors (Lipinski definition) is 1. The van der Waals surface area contributed by atoms with Crippen LogP contribution < -0.4 is 0 Å². The van der Waals surface area contributed by atoms with E-state index >= 15 is 0 Å². The molecule has 4 unspecified atom stereocenters. The molecule has 0 bridgehead atoms. The minimum atomic E-state index is -5.70. The van der Waals surface area contributed by atoms with E-state index in [1.165, 1.54) is 0 Å². The summed E-state index contributed by atoms with van der Waals surface area (Å²) in [6.07, 6.45) is -8.88. The molecule has 0 spiro atoms. The molecule has 0 amide bonds. The molecule has 2 aliphatic carbocycles. The Morgan fingerprint density at radius 2 is 1.24 bits per heavy atom. The first-order valence-corrected chi connectivity index (χ1v) is 8.24. The smallest absolute Gasteiger partial charge is 0.373 e. The van der Waals surface area contributed by atoms with Crippen LogP contribution in [0, 0.1) is 17.8 Å². The van der Waals surface area contributed by atoms with Crippen LogP contribution in [0.1, 0.15) is 38.5 Å². The van der Waals surface area contributed by atoms with Gasteiger partial charge in [0.1, 0.15) is 0 Å². The predicted molar refractivity (Wildman–Crippen MR) is 73.0 cm³/mol. The summed E-state index contributed by atoms with van der Waals surface area (Å²) >= 11 is 2.13. The Balaban J connectivity index is 2.40. The molecule has 0 aromatic carbocycles. The maximum atomic E-state index is 13.1. The fraction of sp³-hybridized carbons (Fsp3) is 1.00. The number of aliphatic hydroxyl groups is 1. The monoisotopic (exact) mass is 430 g/mol. The van der Waals surface area contributed by atoms with E-state index in [0.717, 1.165) is 6.42 Å². The molecule has 124 valence electrons. The highest BCUT2D eigenvalue weighted by Crippen LogP contribution is 2.57. The SMILES string of the molecule is OC(C1CCC(I)C2CCCCC21)(C(F)(F)F)C(F)(F)F. The fourth-order valence-corrected chi connectivity index (χ4v) is 5.26. The van der Waals surface area contributed by atoms with Gasteiger partial charge in [-0.3, -0.25) is 0 Å². The van der Waals surface area contributed by atoms with Crippen molar-refractivity contribution in [3.8, 4) is 0 Å². The van der Waals surface area contributed by atoms with Crippen LogP contribution in [0.25, 0.3) is 0 Å². The maximum absolute atomic E-state index is 13.1. The van der Waals surface area contributed by atoms with Crippen LogP contribution in [0.5, 0.6) is 0 Å². The Morgan fingerprint density at radius 1 is 0.762 bits per heavy atom. The molecular weight excluding hydrogens is 413 g/mol. The van der Waals surface area contributed by atoms with Crippen molar-refractivity contribution >= 4 is 22.6 Å². The first-order valence-electron chi connectivity index (χ1n) is 7.00. The van der Waals surface area contributed by atoms with E-state index in [1.807, 2.05) is 0 Å². The van der Waals surface area contributed by atoms with E-state index in [4.69, 9.17) is 0 Å². The molecule has 0 aromatic heterocycles. The summed E-state index contributed by atoms with van der Waals surface area (Å²) in [6.45, 7) is 0. The molecule has 0 aliphatic heterocycles. The number of fused-ring (bicyclic) bond motifs is 1. The van der Waals surface area contributed by atoms with E-state index in [0.29, 0.717) is 25.7 Å². The van der Waals surface area contributed by atoms with Crippen molar-refractivity contribution in [2.45, 2.75) is 60.4 Å².